The van der Waals surface area contributed by atoms with Crippen LogP contribution in [0.3, 0.4) is 0 Å². The lowest BCUT2D eigenvalue weighted by molar-refractivity contribution is 0.475. The minimum absolute atomic E-state index is 0.477. The van der Waals surface area contributed by atoms with Crippen molar-refractivity contribution in [3.05, 3.63) is 17.7 Å². The van der Waals surface area contributed by atoms with Crippen LogP contribution in [0.1, 0.15) is 11.4 Å². The molecule has 0 aliphatic rings. The summed E-state index contributed by atoms with van der Waals surface area (Å²) in [7, 11) is 0. The van der Waals surface area contributed by atoms with Gasteiger partial charge >= 0.3 is 0 Å². The lowest BCUT2D eigenvalue weighted by atomic mass is 10.4. The third-order valence-corrected chi connectivity index (χ3v) is 1.06. The molecule has 1 N–H and O–H groups in total. The number of rotatable bonds is 1. The van der Waals surface area contributed by atoms with Gasteiger partial charge in [-0.15, -0.1) is 0 Å². The molecule has 1 rings (SSSR count). The monoisotopic (exact) mass is 114 g/mol. The molecule has 0 saturated carbocycles. The number of aromatic amines is 1. The first kappa shape index (κ1) is 5.28. The summed E-state index contributed by atoms with van der Waals surface area (Å²) < 4.78 is 11.7. The maximum Gasteiger partial charge on any atom is 0.133 e. The molecule has 0 fully saturated rings. The van der Waals surface area contributed by atoms with Crippen molar-refractivity contribution >= 4 is 0 Å². The lowest BCUT2D eigenvalue weighted by Crippen LogP contribution is -1.80. The molecule has 44 valence electrons. The van der Waals surface area contributed by atoms with Gasteiger partial charge in [-0.3, -0.25) is 0 Å². The number of halogens is 1. The Balaban J connectivity index is 2.92. The van der Waals surface area contributed by atoms with Gasteiger partial charge in [-0.05, 0) is 6.92 Å². The van der Waals surface area contributed by atoms with E-state index in [4.69, 9.17) is 0 Å². The predicted octanol–water partition coefficient (Wildman–Crippen LogP) is 1.19. The Morgan fingerprint density at radius 1 is 1.88 bits per heavy atom. The summed E-state index contributed by atoms with van der Waals surface area (Å²) in [5, 5.41) is 0. The quantitative estimate of drug-likeness (QED) is 0.583. The molecule has 1 heterocycles. The number of aromatic nitrogens is 2. The molecule has 3 heteroatoms. The molecule has 0 saturated heterocycles. The zero-order valence-corrected chi connectivity index (χ0v) is 4.61. The van der Waals surface area contributed by atoms with Gasteiger partial charge in [0.15, 0.2) is 0 Å². The van der Waals surface area contributed by atoms with Crippen LogP contribution >= 0.6 is 0 Å². The van der Waals surface area contributed by atoms with Crippen LogP contribution < -0.4 is 0 Å². The fourth-order valence-electron chi connectivity index (χ4n) is 0.522. The number of nitrogens with zero attached hydrogens (tertiary/aromatic N) is 1. The van der Waals surface area contributed by atoms with Crippen LogP contribution in [0.15, 0.2) is 6.33 Å². The molecular weight excluding hydrogens is 107 g/mol. The van der Waals surface area contributed by atoms with Crippen LogP contribution in [0, 0.1) is 6.92 Å². The number of imidazole rings is 1. The van der Waals surface area contributed by atoms with Crippen molar-refractivity contribution < 1.29 is 4.39 Å². The van der Waals surface area contributed by atoms with E-state index in [0.29, 0.717) is 5.69 Å². The molecular formula is C5H7FN2. The zero-order chi connectivity index (χ0) is 5.98. The van der Waals surface area contributed by atoms with Crippen molar-refractivity contribution in [3.63, 3.8) is 0 Å². The maximum atomic E-state index is 11.7. The SMILES string of the molecule is Cc1[nH]cnc1CF. The molecule has 2 nitrogen and oxygen atoms in total. The van der Waals surface area contributed by atoms with Gasteiger partial charge in [0.1, 0.15) is 6.67 Å². The van der Waals surface area contributed by atoms with Gasteiger partial charge in [0.2, 0.25) is 0 Å². The lowest BCUT2D eigenvalue weighted by Gasteiger charge is -1.83. The van der Waals surface area contributed by atoms with E-state index in [2.05, 4.69) is 9.97 Å². The van der Waals surface area contributed by atoms with Gasteiger partial charge in [0, 0.05) is 5.69 Å². The molecule has 0 aliphatic heterocycles. The first-order chi connectivity index (χ1) is 3.84. The molecule has 0 atom stereocenters. The van der Waals surface area contributed by atoms with Crippen LogP contribution in [-0.2, 0) is 6.67 Å². The van der Waals surface area contributed by atoms with Crippen molar-refractivity contribution in [2.24, 2.45) is 0 Å². The summed E-state index contributed by atoms with van der Waals surface area (Å²) in [4.78, 5) is 6.47. The molecule has 1 aromatic rings. The number of H-pyrrole nitrogens is 1. The van der Waals surface area contributed by atoms with E-state index >= 15 is 0 Å². The Morgan fingerprint density at radius 2 is 2.62 bits per heavy atom. The Hall–Kier alpha value is -0.860. The highest BCUT2D eigenvalue weighted by molar-refractivity contribution is 5.06. The molecule has 0 amide bonds. The Kier molecular flexibility index (Phi) is 1.28. The molecule has 0 spiro atoms. The minimum Gasteiger partial charge on any atom is -0.348 e. The van der Waals surface area contributed by atoms with Crippen LogP contribution in [0.2, 0.25) is 0 Å². The van der Waals surface area contributed by atoms with E-state index in [1.54, 1.807) is 6.92 Å². The summed E-state index contributed by atoms with van der Waals surface area (Å²) in [5.41, 5.74) is 1.32. The smallest absolute Gasteiger partial charge is 0.133 e. The number of aryl methyl sites for hydroxylation is 1. The molecule has 0 radical (unpaired) electrons. The average Bonchev–Trinajstić information content (AvgIpc) is 2.14. The van der Waals surface area contributed by atoms with E-state index < -0.39 is 6.67 Å². The van der Waals surface area contributed by atoms with Crippen molar-refractivity contribution in [2.75, 3.05) is 0 Å². The first-order valence-corrected chi connectivity index (χ1v) is 2.39. The van der Waals surface area contributed by atoms with Crippen molar-refractivity contribution in [1.29, 1.82) is 0 Å². The Morgan fingerprint density at radius 3 is 2.88 bits per heavy atom. The van der Waals surface area contributed by atoms with E-state index in [-0.39, 0.29) is 0 Å². The van der Waals surface area contributed by atoms with Crippen molar-refractivity contribution in [3.8, 4) is 0 Å². The van der Waals surface area contributed by atoms with E-state index in [9.17, 15) is 4.39 Å². The summed E-state index contributed by atoms with van der Waals surface area (Å²) in [6.45, 7) is 1.32. The van der Waals surface area contributed by atoms with E-state index in [0.717, 1.165) is 5.69 Å². The molecule has 8 heavy (non-hydrogen) atoms. The van der Waals surface area contributed by atoms with Gasteiger partial charge in [0.25, 0.3) is 0 Å². The highest BCUT2D eigenvalue weighted by Crippen LogP contribution is 2.00. The maximum absolute atomic E-state index is 11.7. The van der Waals surface area contributed by atoms with Crippen molar-refractivity contribution in [2.45, 2.75) is 13.6 Å². The molecule has 1 aromatic heterocycles. The van der Waals surface area contributed by atoms with Gasteiger partial charge in [-0.2, -0.15) is 0 Å². The predicted molar refractivity (Wildman–Crippen MR) is 28.1 cm³/mol. The normalized spacial score (nSPS) is 9.75. The summed E-state index contributed by atoms with van der Waals surface area (Å²) in [6, 6.07) is 0. The van der Waals surface area contributed by atoms with Crippen LogP contribution in [0.25, 0.3) is 0 Å². The number of alkyl halides is 1. The second-order valence-electron chi connectivity index (χ2n) is 1.61. The third-order valence-electron chi connectivity index (χ3n) is 1.06. The second-order valence-corrected chi connectivity index (χ2v) is 1.61. The minimum atomic E-state index is -0.477. The number of hydrogen-bond acceptors (Lipinski definition) is 1. The van der Waals surface area contributed by atoms with Crippen LogP contribution in [0.5, 0.6) is 0 Å². The highest BCUT2D eigenvalue weighted by atomic mass is 19.1. The average molecular weight is 114 g/mol. The van der Waals surface area contributed by atoms with Gasteiger partial charge in [-0.25, -0.2) is 9.37 Å². The Bertz CT molecular complexity index is 171. The highest BCUT2D eigenvalue weighted by Gasteiger charge is 1.96. The summed E-state index contributed by atoms with van der Waals surface area (Å²) >= 11 is 0. The van der Waals surface area contributed by atoms with Gasteiger partial charge in [-0.1, -0.05) is 0 Å². The van der Waals surface area contributed by atoms with Crippen LogP contribution in [-0.4, -0.2) is 9.97 Å². The fourth-order valence-corrected chi connectivity index (χ4v) is 0.522. The summed E-state index contributed by atoms with van der Waals surface area (Å²) in [5.74, 6) is 0. The topological polar surface area (TPSA) is 28.7 Å². The zero-order valence-electron chi connectivity index (χ0n) is 4.61. The largest absolute Gasteiger partial charge is 0.348 e. The molecule has 0 aromatic carbocycles. The number of nitrogens with one attached hydrogen (secondary N) is 1. The van der Waals surface area contributed by atoms with Gasteiger partial charge < -0.3 is 4.98 Å². The van der Waals surface area contributed by atoms with E-state index in [1.165, 1.54) is 6.33 Å². The second kappa shape index (κ2) is 1.94. The Labute approximate surface area is 46.8 Å². The molecule has 0 unspecified atom stereocenters. The van der Waals surface area contributed by atoms with Gasteiger partial charge in [0.05, 0.1) is 12.0 Å². The van der Waals surface area contributed by atoms with E-state index in [1.807, 2.05) is 0 Å². The number of hydrogen-bond donors (Lipinski definition) is 1. The fraction of sp³-hybridized carbons (Fsp3) is 0.400. The molecule has 0 bridgehead atoms. The summed E-state index contributed by atoms with van der Waals surface area (Å²) in [6.07, 6.45) is 1.49. The third kappa shape index (κ3) is 0.710. The van der Waals surface area contributed by atoms with Crippen LogP contribution in [0.4, 0.5) is 4.39 Å². The first-order valence-electron chi connectivity index (χ1n) is 2.39. The molecule has 0 aliphatic carbocycles. The van der Waals surface area contributed by atoms with Crippen molar-refractivity contribution in [1.82, 2.24) is 9.97 Å². The standard InChI is InChI=1S/C5H7FN2/c1-4-5(2-6)8-3-7-4/h3H,2H2,1H3,(H,7,8).